The van der Waals surface area contributed by atoms with E-state index in [4.69, 9.17) is 9.47 Å². The van der Waals surface area contributed by atoms with Gasteiger partial charge in [0.25, 0.3) is 0 Å². The minimum atomic E-state index is -1.44. The van der Waals surface area contributed by atoms with Crippen LogP contribution in [0.15, 0.2) is 48.5 Å². The van der Waals surface area contributed by atoms with Crippen molar-refractivity contribution in [2.24, 2.45) is 0 Å². The molecular formula is C22H22O5S. The molecule has 5 atom stereocenters. The highest BCUT2D eigenvalue weighted by molar-refractivity contribution is 7.19. The summed E-state index contributed by atoms with van der Waals surface area (Å²) in [7, 11) is 0. The second-order valence-electron chi connectivity index (χ2n) is 7.62. The van der Waals surface area contributed by atoms with Crippen LogP contribution in [0.5, 0.6) is 0 Å². The summed E-state index contributed by atoms with van der Waals surface area (Å²) in [6.45, 7) is 1.97. The average molecular weight is 398 g/mol. The molecule has 6 heteroatoms. The molecule has 2 aliphatic rings. The highest BCUT2D eigenvalue weighted by Gasteiger charge is 2.57. The van der Waals surface area contributed by atoms with Crippen molar-refractivity contribution in [3.05, 3.63) is 70.1 Å². The number of rotatable bonds is 2. The van der Waals surface area contributed by atoms with E-state index in [0.717, 1.165) is 23.1 Å². The maximum atomic E-state index is 10.7. The Balaban J connectivity index is 1.50. The Kier molecular flexibility index (Phi) is 4.32. The number of aliphatic hydroxyl groups excluding tert-OH is 3. The van der Waals surface area contributed by atoms with Gasteiger partial charge < -0.3 is 24.8 Å². The predicted octanol–water partition coefficient (Wildman–Crippen LogP) is 2.68. The van der Waals surface area contributed by atoms with E-state index in [2.05, 4.69) is 24.3 Å². The van der Waals surface area contributed by atoms with Gasteiger partial charge in [0, 0.05) is 21.6 Å². The normalized spacial score (nSPS) is 32.1. The van der Waals surface area contributed by atoms with E-state index in [1.165, 1.54) is 15.0 Å². The molecule has 0 aliphatic carbocycles. The van der Waals surface area contributed by atoms with E-state index in [1.807, 2.05) is 24.3 Å². The Morgan fingerprint density at radius 3 is 2.71 bits per heavy atom. The predicted molar refractivity (Wildman–Crippen MR) is 106 cm³/mol. The van der Waals surface area contributed by atoms with Crippen LogP contribution >= 0.6 is 11.3 Å². The number of fused-ring (bicyclic) bond motifs is 3. The Hall–Kier alpha value is -1.80. The number of hydrogen-bond donors (Lipinski definition) is 3. The van der Waals surface area contributed by atoms with E-state index < -0.39 is 30.2 Å². The van der Waals surface area contributed by atoms with Gasteiger partial charge >= 0.3 is 0 Å². The maximum Gasteiger partial charge on any atom is 0.225 e. The zero-order chi connectivity index (χ0) is 19.5. The highest BCUT2D eigenvalue weighted by Crippen LogP contribution is 2.46. The molecule has 3 N–H and O–H groups in total. The van der Waals surface area contributed by atoms with Crippen molar-refractivity contribution in [3.63, 3.8) is 0 Å². The number of aliphatic hydroxyl groups is 3. The molecule has 5 rings (SSSR count). The maximum absolute atomic E-state index is 10.7. The first kappa shape index (κ1) is 18.2. The summed E-state index contributed by atoms with van der Waals surface area (Å²) in [6.07, 6.45) is -3.74. The van der Waals surface area contributed by atoms with Crippen molar-refractivity contribution in [1.82, 2.24) is 0 Å². The molecule has 0 bridgehead atoms. The van der Waals surface area contributed by atoms with Crippen LogP contribution in [0.2, 0.25) is 0 Å². The van der Waals surface area contributed by atoms with Crippen LogP contribution in [0.3, 0.4) is 0 Å². The fourth-order valence-corrected chi connectivity index (χ4v) is 5.32. The SMILES string of the molecule is C[C@H]1O[C@]2(OCc3ccc(Cc4cc5ccccc5s4)cc32)[C@H](O)[C@@H](O)[C@@H]1O. The summed E-state index contributed by atoms with van der Waals surface area (Å²) in [4.78, 5) is 1.25. The van der Waals surface area contributed by atoms with Gasteiger partial charge in [-0.05, 0) is 41.6 Å². The second kappa shape index (κ2) is 6.62. The Bertz CT molecular complexity index is 998. The third-order valence-electron chi connectivity index (χ3n) is 5.75. The van der Waals surface area contributed by atoms with Gasteiger partial charge in [0.2, 0.25) is 5.79 Å². The van der Waals surface area contributed by atoms with Crippen LogP contribution in [0.1, 0.15) is 28.5 Å². The lowest BCUT2D eigenvalue weighted by Gasteiger charge is -2.45. The number of hydrogen-bond acceptors (Lipinski definition) is 6. The van der Waals surface area contributed by atoms with Crippen LogP contribution in [-0.4, -0.2) is 39.7 Å². The Morgan fingerprint density at radius 2 is 1.89 bits per heavy atom. The highest BCUT2D eigenvalue weighted by atomic mass is 32.1. The fourth-order valence-electron chi connectivity index (χ4n) is 4.22. The molecule has 0 amide bonds. The molecule has 1 aromatic heterocycles. The van der Waals surface area contributed by atoms with Crippen molar-refractivity contribution in [1.29, 1.82) is 0 Å². The Morgan fingerprint density at radius 1 is 1.07 bits per heavy atom. The van der Waals surface area contributed by atoms with Crippen LogP contribution in [0.25, 0.3) is 10.1 Å². The fraction of sp³-hybridized carbons (Fsp3) is 0.364. The number of ether oxygens (including phenoxy) is 2. The van der Waals surface area contributed by atoms with Crippen molar-refractivity contribution < 1.29 is 24.8 Å². The number of benzene rings is 2. The van der Waals surface area contributed by atoms with Gasteiger partial charge in [-0.3, -0.25) is 0 Å². The minimum absolute atomic E-state index is 0.297. The molecule has 2 aromatic carbocycles. The first-order valence-corrected chi connectivity index (χ1v) is 10.3. The van der Waals surface area contributed by atoms with Crippen LogP contribution in [0.4, 0.5) is 0 Å². The quantitative estimate of drug-likeness (QED) is 0.619. The largest absolute Gasteiger partial charge is 0.388 e. The van der Waals surface area contributed by atoms with Crippen molar-refractivity contribution in [3.8, 4) is 0 Å². The molecule has 1 fully saturated rings. The zero-order valence-electron chi connectivity index (χ0n) is 15.4. The summed E-state index contributed by atoms with van der Waals surface area (Å²) >= 11 is 1.77. The first-order chi connectivity index (χ1) is 13.5. The van der Waals surface area contributed by atoms with E-state index in [-0.39, 0.29) is 0 Å². The molecule has 2 aliphatic heterocycles. The smallest absolute Gasteiger partial charge is 0.225 e. The van der Waals surface area contributed by atoms with Gasteiger partial charge in [0.05, 0.1) is 12.7 Å². The third-order valence-corrected chi connectivity index (χ3v) is 6.87. The lowest BCUT2D eigenvalue weighted by atomic mass is 9.87. The summed E-state index contributed by atoms with van der Waals surface area (Å²) in [6, 6.07) is 16.6. The summed E-state index contributed by atoms with van der Waals surface area (Å²) < 4.78 is 13.1. The van der Waals surface area contributed by atoms with Gasteiger partial charge in [0.1, 0.15) is 18.3 Å². The number of thiophene rings is 1. The first-order valence-electron chi connectivity index (χ1n) is 9.43. The van der Waals surface area contributed by atoms with Gasteiger partial charge in [0.15, 0.2) is 0 Å². The molecule has 146 valence electrons. The lowest BCUT2D eigenvalue weighted by molar-refractivity contribution is -0.362. The monoisotopic (exact) mass is 398 g/mol. The van der Waals surface area contributed by atoms with Crippen molar-refractivity contribution in [2.45, 2.75) is 50.2 Å². The lowest BCUT2D eigenvalue weighted by Crippen LogP contribution is -2.62. The molecule has 0 radical (unpaired) electrons. The standard InChI is InChI=1S/C22H22O5S/c1-12-19(23)20(24)21(25)22(27-12)17-9-13(6-7-15(17)11-26-22)8-16-10-14-4-2-3-5-18(14)28-16/h2-7,9-10,12,19-21,23-25H,8,11H2,1H3/t12-,19-,20+,21-,22+/m1/s1. The molecule has 1 saturated heterocycles. The van der Waals surface area contributed by atoms with Gasteiger partial charge in [-0.1, -0.05) is 30.3 Å². The third kappa shape index (κ3) is 2.72. The zero-order valence-corrected chi connectivity index (χ0v) is 16.2. The molecular weight excluding hydrogens is 376 g/mol. The molecule has 3 heterocycles. The summed E-state index contributed by atoms with van der Waals surface area (Å²) in [5.74, 6) is -1.44. The summed E-state index contributed by atoms with van der Waals surface area (Å²) in [5.41, 5.74) is 2.74. The molecule has 5 nitrogen and oxygen atoms in total. The van der Waals surface area contributed by atoms with Gasteiger partial charge in [-0.15, -0.1) is 11.3 Å². The van der Waals surface area contributed by atoms with Crippen LogP contribution in [-0.2, 0) is 28.3 Å². The molecule has 28 heavy (non-hydrogen) atoms. The second-order valence-corrected chi connectivity index (χ2v) is 8.79. The topological polar surface area (TPSA) is 79.2 Å². The van der Waals surface area contributed by atoms with Crippen molar-refractivity contribution >= 4 is 21.4 Å². The molecule has 3 aromatic rings. The molecule has 0 unspecified atom stereocenters. The van der Waals surface area contributed by atoms with Gasteiger partial charge in [-0.2, -0.15) is 0 Å². The van der Waals surface area contributed by atoms with Crippen LogP contribution in [0, 0.1) is 0 Å². The van der Waals surface area contributed by atoms with E-state index in [9.17, 15) is 15.3 Å². The van der Waals surface area contributed by atoms with Gasteiger partial charge in [-0.25, -0.2) is 0 Å². The average Bonchev–Trinajstić information content (AvgIpc) is 3.26. The van der Waals surface area contributed by atoms with E-state index >= 15 is 0 Å². The van der Waals surface area contributed by atoms with Crippen molar-refractivity contribution in [2.75, 3.05) is 0 Å². The Labute approximate surface area is 166 Å². The minimum Gasteiger partial charge on any atom is -0.388 e. The summed E-state index contributed by atoms with van der Waals surface area (Å²) in [5, 5.41) is 32.2. The molecule has 0 saturated carbocycles. The molecule has 1 spiro atoms. The van der Waals surface area contributed by atoms with Crippen LogP contribution < -0.4 is 0 Å². The van der Waals surface area contributed by atoms with E-state index in [1.54, 1.807) is 18.3 Å². The van der Waals surface area contributed by atoms with E-state index in [0.29, 0.717) is 6.61 Å².